The second kappa shape index (κ2) is 6.84. The van der Waals surface area contributed by atoms with Crippen LogP contribution in [-0.2, 0) is 6.54 Å². The molecule has 7 heteroatoms. The van der Waals surface area contributed by atoms with Crippen molar-refractivity contribution in [2.75, 3.05) is 31.1 Å². The number of rotatable bonds is 4. The van der Waals surface area contributed by atoms with Gasteiger partial charge in [0, 0.05) is 31.9 Å². The first-order chi connectivity index (χ1) is 11.8. The summed E-state index contributed by atoms with van der Waals surface area (Å²) in [6.07, 6.45) is 4.94. The Morgan fingerprint density at radius 1 is 1.00 bits per heavy atom. The van der Waals surface area contributed by atoms with Gasteiger partial charge in [0.25, 0.3) is 0 Å². The van der Waals surface area contributed by atoms with Crippen LogP contribution in [0.2, 0.25) is 0 Å². The van der Waals surface area contributed by atoms with E-state index in [-0.39, 0.29) is 5.82 Å². The van der Waals surface area contributed by atoms with E-state index in [1.807, 2.05) is 16.8 Å². The third-order valence-corrected chi connectivity index (χ3v) is 5.16. The zero-order chi connectivity index (χ0) is 16.4. The zero-order valence-electron chi connectivity index (χ0n) is 13.8. The number of benzene rings is 1. The molecule has 0 unspecified atom stereocenters. The topological polar surface area (TPSA) is 50.1 Å². The summed E-state index contributed by atoms with van der Waals surface area (Å²) >= 11 is 0. The van der Waals surface area contributed by atoms with Crippen LogP contribution in [0, 0.1) is 5.82 Å². The number of tetrazole rings is 1. The first-order valence-electron chi connectivity index (χ1n) is 8.79. The molecule has 4 rings (SSSR count). The van der Waals surface area contributed by atoms with Gasteiger partial charge in [-0.1, -0.05) is 12.8 Å². The molecule has 2 fully saturated rings. The highest BCUT2D eigenvalue weighted by molar-refractivity contribution is 5.46. The van der Waals surface area contributed by atoms with E-state index < -0.39 is 0 Å². The summed E-state index contributed by atoms with van der Waals surface area (Å²) < 4.78 is 15.1. The Morgan fingerprint density at radius 3 is 2.42 bits per heavy atom. The minimum atomic E-state index is -0.184. The van der Waals surface area contributed by atoms with E-state index >= 15 is 0 Å². The maximum Gasteiger partial charge on any atom is 0.165 e. The van der Waals surface area contributed by atoms with Crippen LogP contribution in [-0.4, -0.2) is 51.3 Å². The standard InChI is InChI=1S/C17H23FN6/c18-14-5-7-15(8-6-14)23-11-9-22(10-12-23)13-17-19-20-21-24(17)16-3-1-2-4-16/h5-8,16H,1-4,9-13H2. The Morgan fingerprint density at radius 2 is 1.71 bits per heavy atom. The first kappa shape index (κ1) is 15.5. The molecule has 6 nitrogen and oxygen atoms in total. The number of hydrogen-bond donors (Lipinski definition) is 0. The maximum absolute atomic E-state index is 13.0. The molecule has 1 aromatic heterocycles. The number of hydrogen-bond acceptors (Lipinski definition) is 5. The molecule has 1 saturated heterocycles. The summed E-state index contributed by atoms with van der Waals surface area (Å²) in [5.41, 5.74) is 1.09. The average Bonchev–Trinajstić information content (AvgIpc) is 3.27. The predicted molar refractivity (Wildman–Crippen MR) is 89.2 cm³/mol. The molecule has 2 heterocycles. The van der Waals surface area contributed by atoms with E-state index in [0.717, 1.165) is 44.2 Å². The summed E-state index contributed by atoms with van der Waals surface area (Å²) in [5, 5.41) is 12.4. The largest absolute Gasteiger partial charge is 0.369 e. The van der Waals surface area contributed by atoms with Crippen molar-refractivity contribution in [3.05, 3.63) is 35.9 Å². The quantitative estimate of drug-likeness (QED) is 0.860. The van der Waals surface area contributed by atoms with Crippen molar-refractivity contribution in [1.82, 2.24) is 25.1 Å². The Labute approximate surface area is 141 Å². The van der Waals surface area contributed by atoms with Crippen LogP contribution in [0.4, 0.5) is 10.1 Å². The molecule has 1 aliphatic carbocycles. The Bertz CT molecular complexity index is 656. The second-order valence-corrected chi connectivity index (χ2v) is 6.72. The van der Waals surface area contributed by atoms with Gasteiger partial charge in [0.05, 0.1) is 12.6 Å². The van der Waals surface area contributed by atoms with Crippen LogP contribution < -0.4 is 4.90 Å². The van der Waals surface area contributed by atoms with Crippen molar-refractivity contribution in [2.45, 2.75) is 38.3 Å². The molecule has 1 aromatic carbocycles. The van der Waals surface area contributed by atoms with Gasteiger partial charge in [0.15, 0.2) is 5.82 Å². The Balaban J connectivity index is 1.35. The molecule has 2 aliphatic rings. The van der Waals surface area contributed by atoms with Crippen molar-refractivity contribution in [3.8, 4) is 0 Å². The van der Waals surface area contributed by atoms with Crippen molar-refractivity contribution >= 4 is 5.69 Å². The van der Waals surface area contributed by atoms with E-state index in [1.165, 1.54) is 37.8 Å². The van der Waals surface area contributed by atoms with Crippen LogP contribution in [0.25, 0.3) is 0 Å². The molecule has 2 aromatic rings. The van der Waals surface area contributed by atoms with Gasteiger partial charge in [-0.2, -0.15) is 0 Å². The SMILES string of the molecule is Fc1ccc(N2CCN(Cc3nnnn3C3CCCC3)CC2)cc1. The normalized spacial score (nSPS) is 20.0. The lowest BCUT2D eigenvalue weighted by Gasteiger charge is -2.35. The third-order valence-electron chi connectivity index (χ3n) is 5.16. The summed E-state index contributed by atoms with van der Waals surface area (Å²) in [7, 11) is 0. The smallest absolute Gasteiger partial charge is 0.165 e. The number of aromatic nitrogens is 4. The highest BCUT2D eigenvalue weighted by atomic mass is 19.1. The summed E-state index contributed by atoms with van der Waals surface area (Å²) in [6.45, 7) is 4.62. The molecular weight excluding hydrogens is 307 g/mol. The molecular formula is C17H23FN6. The lowest BCUT2D eigenvalue weighted by Crippen LogP contribution is -2.46. The van der Waals surface area contributed by atoms with Crippen molar-refractivity contribution in [2.24, 2.45) is 0 Å². The molecule has 128 valence electrons. The van der Waals surface area contributed by atoms with Gasteiger partial charge in [-0.05, 0) is 47.5 Å². The Kier molecular flexibility index (Phi) is 4.42. The van der Waals surface area contributed by atoms with Gasteiger partial charge in [-0.25, -0.2) is 9.07 Å². The number of piperazine rings is 1. The van der Waals surface area contributed by atoms with Gasteiger partial charge in [-0.15, -0.1) is 5.10 Å². The molecule has 0 bridgehead atoms. The van der Waals surface area contributed by atoms with Crippen LogP contribution in [0.1, 0.15) is 37.5 Å². The monoisotopic (exact) mass is 330 g/mol. The van der Waals surface area contributed by atoms with Crippen molar-refractivity contribution < 1.29 is 4.39 Å². The fraction of sp³-hybridized carbons (Fsp3) is 0.588. The first-order valence-corrected chi connectivity index (χ1v) is 8.79. The molecule has 0 N–H and O–H groups in total. The van der Waals surface area contributed by atoms with Crippen LogP contribution in [0.15, 0.2) is 24.3 Å². The molecule has 0 radical (unpaired) electrons. The van der Waals surface area contributed by atoms with E-state index in [2.05, 4.69) is 25.3 Å². The average molecular weight is 330 g/mol. The maximum atomic E-state index is 13.0. The number of halogens is 1. The fourth-order valence-corrected chi connectivity index (χ4v) is 3.76. The van der Waals surface area contributed by atoms with Gasteiger partial charge < -0.3 is 4.90 Å². The highest BCUT2D eigenvalue weighted by Crippen LogP contribution is 2.29. The molecule has 1 saturated carbocycles. The summed E-state index contributed by atoms with van der Waals surface area (Å²) in [6, 6.07) is 7.24. The fourth-order valence-electron chi connectivity index (χ4n) is 3.76. The molecule has 1 aliphatic heterocycles. The van der Waals surface area contributed by atoms with Crippen molar-refractivity contribution in [3.63, 3.8) is 0 Å². The summed E-state index contributed by atoms with van der Waals surface area (Å²) in [5.74, 6) is 0.799. The minimum Gasteiger partial charge on any atom is -0.369 e. The lowest BCUT2D eigenvalue weighted by atomic mass is 10.2. The van der Waals surface area contributed by atoms with Crippen molar-refractivity contribution in [1.29, 1.82) is 0 Å². The molecule has 0 atom stereocenters. The van der Waals surface area contributed by atoms with Gasteiger partial charge in [-0.3, -0.25) is 4.90 Å². The van der Waals surface area contributed by atoms with Crippen LogP contribution in [0.3, 0.4) is 0 Å². The second-order valence-electron chi connectivity index (χ2n) is 6.72. The third kappa shape index (κ3) is 3.26. The van der Waals surface area contributed by atoms with Crippen LogP contribution in [0.5, 0.6) is 0 Å². The van der Waals surface area contributed by atoms with E-state index in [9.17, 15) is 4.39 Å². The number of nitrogens with zero attached hydrogens (tertiary/aromatic N) is 6. The van der Waals surface area contributed by atoms with Gasteiger partial charge >= 0.3 is 0 Å². The predicted octanol–water partition coefficient (Wildman–Crippen LogP) is 2.25. The number of anilines is 1. The zero-order valence-corrected chi connectivity index (χ0v) is 13.8. The minimum absolute atomic E-state index is 0.184. The molecule has 0 amide bonds. The molecule has 0 spiro atoms. The van der Waals surface area contributed by atoms with Crippen LogP contribution >= 0.6 is 0 Å². The van der Waals surface area contributed by atoms with Gasteiger partial charge in [0.1, 0.15) is 5.82 Å². The Hall–Kier alpha value is -2.02. The highest BCUT2D eigenvalue weighted by Gasteiger charge is 2.24. The van der Waals surface area contributed by atoms with Gasteiger partial charge in [0.2, 0.25) is 0 Å². The van der Waals surface area contributed by atoms with E-state index in [1.54, 1.807) is 0 Å². The van der Waals surface area contributed by atoms with E-state index in [0.29, 0.717) is 6.04 Å². The molecule has 24 heavy (non-hydrogen) atoms. The lowest BCUT2D eigenvalue weighted by molar-refractivity contribution is 0.236. The summed E-state index contributed by atoms with van der Waals surface area (Å²) in [4.78, 5) is 4.70. The van der Waals surface area contributed by atoms with E-state index in [4.69, 9.17) is 0 Å².